The average Bonchev–Trinajstić information content (AvgIpc) is 2.57. The number of fused-ring (bicyclic) bond motifs is 1. The van der Waals surface area contributed by atoms with Crippen molar-refractivity contribution < 1.29 is 9.13 Å². The van der Waals surface area contributed by atoms with E-state index in [1.54, 1.807) is 6.07 Å². The normalized spacial score (nSPS) is 21.7. The van der Waals surface area contributed by atoms with Gasteiger partial charge < -0.3 is 4.74 Å². The van der Waals surface area contributed by atoms with Crippen LogP contribution >= 0.6 is 0 Å². The monoisotopic (exact) mass is 298 g/mol. The Balaban J connectivity index is 1.87. The van der Waals surface area contributed by atoms with Crippen LogP contribution in [0.3, 0.4) is 0 Å². The number of rotatable bonds is 4. The molecule has 3 rings (SSSR count). The first kappa shape index (κ1) is 15.1. The second-order valence-corrected chi connectivity index (χ2v) is 6.14. The van der Waals surface area contributed by atoms with Crippen LogP contribution in [0.5, 0.6) is 5.75 Å². The van der Waals surface area contributed by atoms with Gasteiger partial charge in [0.05, 0.1) is 6.61 Å². The minimum atomic E-state index is -0.249. The number of ether oxygens (including phenoxy) is 1. The summed E-state index contributed by atoms with van der Waals surface area (Å²) < 4.78 is 19.7. The SMILES string of the molecule is C=CC1CCC(c2ccc3c(F)c(OCC)ccc3c2)CC1. The Kier molecular flexibility index (Phi) is 4.47. The molecule has 0 bridgehead atoms. The predicted molar refractivity (Wildman–Crippen MR) is 90.0 cm³/mol. The third kappa shape index (κ3) is 2.87. The van der Waals surface area contributed by atoms with Crippen LogP contribution in [0.1, 0.15) is 44.1 Å². The van der Waals surface area contributed by atoms with E-state index in [-0.39, 0.29) is 5.82 Å². The summed E-state index contributed by atoms with van der Waals surface area (Å²) in [5, 5.41) is 1.61. The van der Waals surface area contributed by atoms with Gasteiger partial charge in [0.2, 0.25) is 0 Å². The maximum atomic E-state index is 14.4. The van der Waals surface area contributed by atoms with Crippen LogP contribution in [-0.2, 0) is 0 Å². The molecule has 22 heavy (non-hydrogen) atoms. The fourth-order valence-electron chi connectivity index (χ4n) is 3.50. The highest BCUT2D eigenvalue weighted by Gasteiger charge is 2.21. The van der Waals surface area contributed by atoms with E-state index in [0.29, 0.717) is 29.6 Å². The number of allylic oxidation sites excluding steroid dienone is 1. The summed E-state index contributed by atoms with van der Waals surface area (Å²) in [7, 11) is 0. The first-order chi connectivity index (χ1) is 10.7. The molecule has 0 unspecified atom stereocenters. The summed E-state index contributed by atoms with van der Waals surface area (Å²) in [6, 6.07) is 9.83. The van der Waals surface area contributed by atoms with E-state index < -0.39 is 0 Å². The van der Waals surface area contributed by atoms with Crippen molar-refractivity contribution in [1.29, 1.82) is 0 Å². The highest BCUT2D eigenvalue weighted by molar-refractivity contribution is 5.85. The van der Waals surface area contributed by atoms with Gasteiger partial charge in [-0.15, -0.1) is 6.58 Å². The van der Waals surface area contributed by atoms with E-state index in [1.165, 1.54) is 31.2 Å². The largest absolute Gasteiger partial charge is 0.491 e. The number of hydrogen-bond acceptors (Lipinski definition) is 1. The van der Waals surface area contributed by atoms with Gasteiger partial charge >= 0.3 is 0 Å². The molecular weight excluding hydrogens is 275 g/mol. The first-order valence-electron chi connectivity index (χ1n) is 8.20. The van der Waals surface area contributed by atoms with Crippen LogP contribution in [0.25, 0.3) is 10.8 Å². The van der Waals surface area contributed by atoms with Crippen molar-refractivity contribution in [1.82, 2.24) is 0 Å². The molecule has 0 heterocycles. The highest BCUT2D eigenvalue weighted by atomic mass is 19.1. The van der Waals surface area contributed by atoms with Gasteiger partial charge in [0.15, 0.2) is 11.6 Å². The molecule has 0 N–H and O–H groups in total. The van der Waals surface area contributed by atoms with Crippen LogP contribution in [0.4, 0.5) is 4.39 Å². The van der Waals surface area contributed by atoms with Gasteiger partial charge in [-0.2, -0.15) is 0 Å². The summed E-state index contributed by atoms with van der Waals surface area (Å²) in [4.78, 5) is 0. The average molecular weight is 298 g/mol. The van der Waals surface area contributed by atoms with Crippen LogP contribution in [0, 0.1) is 11.7 Å². The quantitative estimate of drug-likeness (QED) is 0.644. The van der Waals surface area contributed by atoms with Crippen LogP contribution in [0.15, 0.2) is 43.0 Å². The van der Waals surface area contributed by atoms with Crippen molar-refractivity contribution in [3.63, 3.8) is 0 Å². The maximum absolute atomic E-state index is 14.4. The number of benzene rings is 2. The molecule has 0 amide bonds. The van der Waals surface area contributed by atoms with Gasteiger partial charge in [0, 0.05) is 5.39 Å². The lowest BCUT2D eigenvalue weighted by molar-refractivity contribution is 0.323. The second-order valence-electron chi connectivity index (χ2n) is 6.14. The summed E-state index contributed by atoms with van der Waals surface area (Å²) in [6.45, 7) is 6.25. The fraction of sp³-hybridized carbons (Fsp3) is 0.400. The molecule has 0 saturated heterocycles. The van der Waals surface area contributed by atoms with Gasteiger partial charge in [-0.05, 0) is 61.5 Å². The third-order valence-electron chi connectivity index (χ3n) is 4.82. The number of hydrogen-bond donors (Lipinski definition) is 0. The van der Waals surface area contributed by atoms with Gasteiger partial charge in [0.1, 0.15) is 0 Å². The van der Waals surface area contributed by atoms with Gasteiger partial charge in [-0.25, -0.2) is 4.39 Å². The Bertz CT molecular complexity index is 669. The Morgan fingerprint density at radius 1 is 1.18 bits per heavy atom. The molecule has 0 spiro atoms. The van der Waals surface area contributed by atoms with Crippen molar-refractivity contribution in [2.75, 3.05) is 6.61 Å². The molecule has 0 aliphatic heterocycles. The Labute approximate surface area is 131 Å². The van der Waals surface area contributed by atoms with E-state index >= 15 is 0 Å². The van der Waals surface area contributed by atoms with Crippen molar-refractivity contribution in [3.8, 4) is 5.75 Å². The van der Waals surface area contributed by atoms with E-state index in [2.05, 4.69) is 24.8 Å². The smallest absolute Gasteiger partial charge is 0.172 e. The highest BCUT2D eigenvalue weighted by Crippen LogP contribution is 2.37. The van der Waals surface area contributed by atoms with Crippen molar-refractivity contribution in [2.24, 2.45) is 5.92 Å². The molecular formula is C20H23FO. The van der Waals surface area contributed by atoms with Crippen LogP contribution in [-0.4, -0.2) is 6.61 Å². The topological polar surface area (TPSA) is 9.23 Å². The van der Waals surface area contributed by atoms with Crippen molar-refractivity contribution in [3.05, 3.63) is 54.4 Å². The summed E-state index contributed by atoms with van der Waals surface area (Å²) in [6.07, 6.45) is 6.90. The van der Waals surface area contributed by atoms with E-state index in [1.807, 2.05) is 19.1 Å². The second kappa shape index (κ2) is 6.51. The van der Waals surface area contributed by atoms with Crippen molar-refractivity contribution >= 4 is 10.8 Å². The summed E-state index contributed by atoms with van der Waals surface area (Å²) in [5.74, 6) is 1.36. The molecule has 1 fully saturated rings. The summed E-state index contributed by atoms with van der Waals surface area (Å²) in [5.41, 5.74) is 1.33. The minimum Gasteiger partial charge on any atom is -0.491 e. The maximum Gasteiger partial charge on any atom is 0.172 e. The first-order valence-corrected chi connectivity index (χ1v) is 8.20. The lowest BCUT2D eigenvalue weighted by atomic mass is 9.78. The van der Waals surface area contributed by atoms with Crippen molar-refractivity contribution in [2.45, 2.75) is 38.5 Å². The molecule has 0 atom stereocenters. The molecule has 2 heteroatoms. The lowest BCUT2D eigenvalue weighted by Gasteiger charge is -2.27. The van der Waals surface area contributed by atoms with Crippen LogP contribution < -0.4 is 4.74 Å². The van der Waals surface area contributed by atoms with Gasteiger partial charge in [-0.1, -0.05) is 30.3 Å². The third-order valence-corrected chi connectivity index (χ3v) is 4.82. The van der Waals surface area contributed by atoms with E-state index in [9.17, 15) is 4.39 Å². The molecule has 2 aromatic rings. The lowest BCUT2D eigenvalue weighted by Crippen LogP contribution is -2.11. The zero-order valence-corrected chi connectivity index (χ0v) is 13.1. The molecule has 0 aromatic heterocycles. The summed E-state index contributed by atoms with van der Waals surface area (Å²) >= 11 is 0. The Morgan fingerprint density at radius 3 is 2.64 bits per heavy atom. The molecule has 1 aliphatic carbocycles. The minimum absolute atomic E-state index is 0.249. The number of halogens is 1. The zero-order chi connectivity index (χ0) is 15.5. The molecule has 0 radical (unpaired) electrons. The molecule has 2 aromatic carbocycles. The Hall–Kier alpha value is -1.83. The van der Waals surface area contributed by atoms with Gasteiger partial charge in [-0.3, -0.25) is 0 Å². The molecule has 116 valence electrons. The fourth-order valence-corrected chi connectivity index (χ4v) is 3.50. The van der Waals surface area contributed by atoms with Crippen LogP contribution in [0.2, 0.25) is 0 Å². The zero-order valence-electron chi connectivity index (χ0n) is 13.1. The Morgan fingerprint density at radius 2 is 1.95 bits per heavy atom. The molecule has 1 saturated carbocycles. The van der Waals surface area contributed by atoms with Gasteiger partial charge in [0.25, 0.3) is 0 Å². The molecule has 1 aliphatic rings. The predicted octanol–water partition coefficient (Wildman–Crippen LogP) is 5.84. The standard InChI is InChI=1S/C20H23FO/c1-3-14-5-7-15(8-6-14)16-9-11-18-17(13-16)10-12-19(20(18)21)22-4-2/h3,9-15H,1,4-8H2,2H3. The van der Waals surface area contributed by atoms with E-state index in [0.717, 1.165) is 5.39 Å². The molecule has 1 nitrogen and oxygen atoms in total. The van der Waals surface area contributed by atoms with E-state index in [4.69, 9.17) is 4.74 Å².